The molecule has 1 aromatic rings. The van der Waals surface area contributed by atoms with E-state index in [4.69, 9.17) is 5.11 Å². The van der Waals surface area contributed by atoms with Crippen molar-refractivity contribution >= 4 is 5.97 Å². The summed E-state index contributed by atoms with van der Waals surface area (Å²) in [6.45, 7) is 4.57. The van der Waals surface area contributed by atoms with Crippen molar-refractivity contribution in [2.75, 3.05) is 13.1 Å². The van der Waals surface area contributed by atoms with Crippen LogP contribution in [0.3, 0.4) is 0 Å². The number of aromatic nitrogens is 2. The maximum absolute atomic E-state index is 10.6. The second-order valence-corrected chi connectivity index (χ2v) is 4.47. The number of hydrogen-bond acceptors (Lipinski definition) is 3. The monoisotopic (exact) mass is 237 g/mol. The summed E-state index contributed by atoms with van der Waals surface area (Å²) in [6, 6.07) is 0.356. The van der Waals surface area contributed by atoms with Crippen molar-refractivity contribution in [3.63, 3.8) is 0 Å². The minimum atomic E-state index is -0.722. The molecule has 1 aliphatic rings. The number of likely N-dealkylation sites (tertiary alicyclic amines) is 1. The molecule has 0 aromatic carbocycles. The number of carboxylic acid groups (broad SMARTS) is 1. The molecule has 1 N–H and O–H groups in total. The van der Waals surface area contributed by atoms with Crippen LogP contribution in [0, 0.1) is 0 Å². The minimum absolute atomic E-state index is 0.221. The molecular weight excluding hydrogens is 218 g/mol. The van der Waals surface area contributed by atoms with E-state index >= 15 is 0 Å². The van der Waals surface area contributed by atoms with Gasteiger partial charge in [0.15, 0.2) is 0 Å². The van der Waals surface area contributed by atoms with Crippen LogP contribution in [-0.4, -0.2) is 38.8 Å². The number of hydrogen-bond donors (Lipinski definition) is 1. The molecule has 0 aliphatic carbocycles. The van der Waals surface area contributed by atoms with Crippen LogP contribution in [0.2, 0.25) is 0 Å². The van der Waals surface area contributed by atoms with Gasteiger partial charge in [-0.05, 0) is 26.3 Å². The molecule has 0 saturated carbocycles. The third kappa shape index (κ3) is 2.85. The highest BCUT2D eigenvalue weighted by atomic mass is 16.4. The van der Waals surface area contributed by atoms with E-state index in [1.165, 1.54) is 5.56 Å². The highest BCUT2D eigenvalue weighted by molar-refractivity contribution is 5.66. The summed E-state index contributed by atoms with van der Waals surface area (Å²) >= 11 is 0. The average Bonchev–Trinajstić information content (AvgIpc) is 2.94. The highest BCUT2D eigenvalue weighted by Crippen LogP contribution is 2.31. The van der Waals surface area contributed by atoms with Crippen LogP contribution in [0.1, 0.15) is 37.8 Å². The standard InChI is InChI=1S/C12H19N3O2/c1-2-15-9-10(8-13-15)11-4-3-6-14(11)7-5-12(16)17/h8-9,11H,2-7H2,1H3,(H,16,17)/t11-/m0/s1. The lowest BCUT2D eigenvalue weighted by Gasteiger charge is -2.22. The second-order valence-electron chi connectivity index (χ2n) is 4.47. The molecule has 0 amide bonds. The number of rotatable bonds is 5. The average molecular weight is 237 g/mol. The molecule has 1 saturated heterocycles. The van der Waals surface area contributed by atoms with Gasteiger partial charge in [0.2, 0.25) is 0 Å². The summed E-state index contributed by atoms with van der Waals surface area (Å²) in [7, 11) is 0. The van der Waals surface area contributed by atoms with E-state index in [-0.39, 0.29) is 6.42 Å². The second kappa shape index (κ2) is 5.31. The fourth-order valence-corrected chi connectivity index (χ4v) is 2.44. The van der Waals surface area contributed by atoms with Gasteiger partial charge in [-0.2, -0.15) is 5.10 Å². The zero-order valence-electron chi connectivity index (χ0n) is 10.2. The topological polar surface area (TPSA) is 58.4 Å². The summed E-state index contributed by atoms with van der Waals surface area (Å²) in [4.78, 5) is 12.9. The van der Waals surface area contributed by atoms with Crippen molar-refractivity contribution in [2.24, 2.45) is 0 Å². The molecule has 0 bridgehead atoms. The Morgan fingerprint density at radius 1 is 1.65 bits per heavy atom. The Morgan fingerprint density at radius 2 is 2.47 bits per heavy atom. The molecule has 94 valence electrons. The van der Waals surface area contributed by atoms with Gasteiger partial charge in [0, 0.05) is 30.9 Å². The normalized spacial score (nSPS) is 20.9. The van der Waals surface area contributed by atoms with Crippen molar-refractivity contribution in [1.82, 2.24) is 14.7 Å². The van der Waals surface area contributed by atoms with Crippen LogP contribution >= 0.6 is 0 Å². The highest BCUT2D eigenvalue weighted by Gasteiger charge is 2.26. The molecule has 0 unspecified atom stereocenters. The summed E-state index contributed by atoms with van der Waals surface area (Å²) in [5.74, 6) is -0.722. The van der Waals surface area contributed by atoms with Crippen molar-refractivity contribution in [3.05, 3.63) is 18.0 Å². The number of aryl methyl sites for hydroxylation is 1. The largest absolute Gasteiger partial charge is 0.481 e. The first-order chi connectivity index (χ1) is 8.20. The van der Waals surface area contributed by atoms with Gasteiger partial charge in [-0.1, -0.05) is 0 Å². The zero-order valence-corrected chi connectivity index (χ0v) is 10.2. The zero-order chi connectivity index (χ0) is 12.3. The summed E-state index contributed by atoms with van der Waals surface area (Å²) < 4.78 is 1.92. The Labute approximate surface area is 101 Å². The summed E-state index contributed by atoms with van der Waals surface area (Å²) in [5, 5.41) is 13.0. The Morgan fingerprint density at radius 3 is 3.12 bits per heavy atom. The SMILES string of the molecule is CCn1cc([C@@H]2CCCN2CCC(=O)O)cn1. The van der Waals surface area contributed by atoms with E-state index in [1.54, 1.807) is 0 Å². The molecule has 5 heteroatoms. The van der Waals surface area contributed by atoms with Gasteiger partial charge in [-0.15, -0.1) is 0 Å². The lowest BCUT2D eigenvalue weighted by atomic mass is 10.1. The molecule has 5 nitrogen and oxygen atoms in total. The third-order valence-corrected chi connectivity index (χ3v) is 3.34. The number of carboxylic acids is 1. The van der Waals surface area contributed by atoms with Gasteiger partial charge in [0.25, 0.3) is 0 Å². The van der Waals surface area contributed by atoms with E-state index in [2.05, 4.69) is 23.1 Å². The van der Waals surface area contributed by atoms with Gasteiger partial charge in [-0.3, -0.25) is 14.4 Å². The molecule has 0 radical (unpaired) electrons. The molecule has 1 fully saturated rings. The van der Waals surface area contributed by atoms with Gasteiger partial charge < -0.3 is 5.11 Å². The maximum atomic E-state index is 10.6. The van der Waals surface area contributed by atoms with E-state index in [0.29, 0.717) is 12.6 Å². The van der Waals surface area contributed by atoms with Crippen LogP contribution in [0.25, 0.3) is 0 Å². The van der Waals surface area contributed by atoms with Gasteiger partial charge in [0.1, 0.15) is 0 Å². The molecule has 1 atom stereocenters. The molecule has 1 aliphatic heterocycles. The van der Waals surface area contributed by atoms with Crippen molar-refractivity contribution in [3.8, 4) is 0 Å². The fourth-order valence-electron chi connectivity index (χ4n) is 2.44. The van der Waals surface area contributed by atoms with E-state index in [1.807, 2.05) is 10.9 Å². The summed E-state index contributed by atoms with van der Waals surface area (Å²) in [5.41, 5.74) is 1.22. The summed E-state index contributed by atoms with van der Waals surface area (Å²) in [6.07, 6.45) is 6.45. The number of aliphatic carboxylic acids is 1. The van der Waals surface area contributed by atoms with Crippen LogP contribution < -0.4 is 0 Å². The van der Waals surface area contributed by atoms with E-state index < -0.39 is 5.97 Å². The molecule has 0 spiro atoms. The van der Waals surface area contributed by atoms with Gasteiger partial charge in [-0.25, -0.2) is 0 Å². The Bertz CT molecular complexity index is 389. The third-order valence-electron chi connectivity index (χ3n) is 3.34. The molecule has 1 aromatic heterocycles. The van der Waals surface area contributed by atoms with Crippen molar-refractivity contribution in [2.45, 2.75) is 38.8 Å². The van der Waals surface area contributed by atoms with Crippen molar-refractivity contribution < 1.29 is 9.90 Å². The lowest BCUT2D eigenvalue weighted by Crippen LogP contribution is -2.25. The predicted octanol–water partition coefficient (Wildman–Crippen LogP) is 1.51. The Balaban J connectivity index is 2.00. The molecule has 17 heavy (non-hydrogen) atoms. The Kier molecular flexibility index (Phi) is 3.78. The first-order valence-electron chi connectivity index (χ1n) is 6.19. The first kappa shape index (κ1) is 12.1. The van der Waals surface area contributed by atoms with Gasteiger partial charge in [0.05, 0.1) is 12.6 Å². The fraction of sp³-hybridized carbons (Fsp3) is 0.667. The quantitative estimate of drug-likeness (QED) is 0.843. The smallest absolute Gasteiger partial charge is 0.304 e. The van der Waals surface area contributed by atoms with Crippen LogP contribution in [0.5, 0.6) is 0 Å². The van der Waals surface area contributed by atoms with Crippen LogP contribution in [-0.2, 0) is 11.3 Å². The van der Waals surface area contributed by atoms with E-state index in [0.717, 1.165) is 25.9 Å². The minimum Gasteiger partial charge on any atom is -0.481 e. The first-order valence-corrected chi connectivity index (χ1v) is 6.19. The van der Waals surface area contributed by atoms with Crippen molar-refractivity contribution in [1.29, 1.82) is 0 Å². The van der Waals surface area contributed by atoms with Crippen LogP contribution in [0.4, 0.5) is 0 Å². The number of carbonyl (C=O) groups is 1. The lowest BCUT2D eigenvalue weighted by molar-refractivity contribution is -0.137. The molecule has 2 heterocycles. The number of nitrogens with zero attached hydrogens (tertiary/aromatic N) is 3. The maximum Gasteiger partial charge on any atom is 0.304 e. The van der Waals surface area contributed by atoms with E-state index in [9.17, 15) is 4.79 Å². The van der Waals surface area contributed by atoms with Crippen LogP contribution in [0.15, 0.2) is 12.4 Å². The Hall–Kier alpha value is -1.36. The molecular formula is C12H19N3O2. The van der Waals surface area contributed by atoms with Gasteiger partial charge >= 0.3 is 5.97 Å². The molecule has 2 rings (SSSR count). The predicted molar refractivity (Wildman–Crippen MR) is 63.7 cm³/mol.